The molecule has 2 bridgehead atoms. The molecule has 4 aromatic rings. The highest BCUT2D eigenvalue weighted by Crippen LogP contribution is 2.43. The number of nitrogens with two attached hydrogens (primary N) is 1. The molecular weight excluding hydrogens is 975 g/mol. The molecule has 3 saturated heterocycles. The van der Waals surface area contributed by atoms with Crippen molar-refractivity contribution >= 4 is 52.9 Å². The average molecular weight is 1050 g/mol. The van der Waals surface area contributed by atoms with Gasteiger partial charge in [0.05, 0.1) is 18.0 Å². The van der Waals surface area contributed by atoms with Crippen LogP contribution in [0.25, 0.3) is 11.3 Å². The van der Waals surface area contributed by atoms with Crippen molar-refractivity contribution in [2.75, 3.05) is 79.5 Å². The minimum Gasteiger partial charge on any atom is -0.507 e. The molecule has 1 aliphatic carbocycles. The Morgan fingerprint density at radius 2 is 1.66 bits per heavy atom. The zero-order valence-electron chi connectivity index (χ0n) is 44.3. The van der Waals surface area contributed by atoms with E-state index in [1.54, 1.807) is 60.5 Å². The second-order valence-electron chi connectivity index (χ2n) is 21.0. The maximum absolute atomic E-state index is 13.6. The summed E-state index contributed by atoms with van der Waals surface area (Å²) in [4.78, 5) is 79.2. The maximum atomic E-state index is 13.6. The predicted octanol–water partition coefficient (Wildman–Crippen LogP) is 6.46. The van der Waals surface area contributed by atoms with Crippen LogP contribution in [-0.2, 0) is 35.2 Å². The van der Waals surface area contributed by atoms with Gasteiger partial charge < -0.3 is 55.1 Å². The van der Waals surface area contributed by atoms with Crippen LogP contribution in [0.5, 0.6) is 11.6 Å². The first kappa shape index (κ1) is 55.0. The lowest BCUT2D eigenvalue weighted by atomic mass is 9.68. The van der Waals surface area contributed by atoms with Crippen LogP contribution in [0.1, 0.15) is 91.5 Å². The number of nitrogens with one attached hydrogen (secondary N) is 3. The normalized spacial score (nSPS) is 19.4. The number of hydrogen-bond acceptors (Lipinski definition) is 17. The monoisotopic (exact) mass is 1050 g/mol. The van der Waals surface area contributed by atoms with Gasteiger partial charge >= 0.3 is 18.2 Å². The molecule has 2 aromatic heterocycles. The Hall–Kier alpha value is -7.26. The van der Waals surface area contributed by atoms with E-state index in [1.807, 2.05) is 45.0 Å². The summed E-state index contributed by atoms with van der Waals surface area (Å²) in [7, 11) is 0. The minimum absolute atomic E-state index is 0.0475. The molecule has 8 rings (SSSR count). The van der Waals surface area contributed by atoms with E-state index in [0.29, 0.717) is 118 Å². The van der Waals surface area contributed by atoms with Crippen LogP contribution in [0, 0.1) is 5.41 Å². The number of esters is 1. The highest BCUT2D eigenvalue weighted by atomic mass is 16.6. The smallest absolute Gasteiger partial charge is 0.413 e. The van der Waals surface area contributed by atoms with Gasteiger partial charge in [0, 0.05) is 86.6 Å². The van der Waals surface area contributed by atoms with Crippen molar-refractivity contribution in [3.63, 3.8) is 0 Å². The number of nitrogens with zero attached hydrogens (tertiary/aromatic N) is 7. The Morgan fingerprint density at radius 1 is 0.908 bits per heavy atom. The van der Waals surface area contributed by atoms with Gasteiger partial charge in [0.2, 0.25) is 17.7 Å². The van der Waals surface area contributed by atoms with E-state index in [0.717, 1.165) is 25.1 Å². The van der Waals surface area contributed by atoms with E-state index in [9.17, 15) is 29.1 Å². The predicted molar refractivity (Wildman–Crippen MR) is 286 cm³/mol. The largest absolute Gasteiger partial charge is 0.507 e. The van der Waals surface area contributed by atoms with Crippen molar-refractivity contribution in [1.29, 1.82) is 0 Å². The van der Waals surface area contributed by atoms with Crippen LogP contribution in [0.15, 0.2) is 72.9 Å². The lowest BCUT2D eigenvalue weighted by Gasteiger charge is -2.43. The first-order valence-electron chi connectivity index (χ1n) is 26.6. The van der Waals surface area contributed by atoms with Gasteiger partial charge in [-0.3, -0.25) is 24.6 Å². The number of phenolic OH excluding ortho intramolecular Hbond substituents is 1. The molecule has 21 heteroatoms. The molecule has 6 N–H and O–H groups in total. The summed E-state index contributed by atoms with van der Waals surface area (Å²) in [5, 5.41) is 28.2. The quantitative estimate of drug-likeness (QED) is 0.0276. The second kappa shape index (κ2) is 24.6. The van der Waals surface area contributed by atoms with Gasteiger partial charge in [-0.25, -0.2) is 14.6 Å². The average Bonchev–Trinajstić information content (AvgIpc) is 3.65. The Balaban J connectivity index is 0.878. The first-order chi connectivity index (χ1) is 36.5. The maximum Gasteiger partial charge on any atom is 0.413 e. The number of fused-ring (bicyclic) bond motifs is 2. The molecule has 4 aliphatic rings. The van der Waals surface area contributed by atoms with Gasteiger partial charge in [0.1, 0.15) is 36.0 Å². The molecule has 4 fully saturated rings. The summed E-state index contributed by atoms with van der Waals surface area (Å²) >= 11 is 0. The standard InChI is InChI=1S/C55H73N11O10/c1-6-73-51(70)55(22-11-23-55)50(69)59-43(13-9-10-24-56)49(68)58-38-17-15-37(16-18-38)35-75-52(71)60-48-45(31-44(61-62-48)42-12-7-8-14-46(42)67)65-33-40-19-20-41(34-65)66(40)39-21-25-57-47(30-39)74-29-28-63-26-27-64(32-36(63)2)53(72)76-54(3,4)5/h7-8,12,14-18,21,25,30-31,36,40-41,43,67H,6,9-11,13,19-20,22-24,26-29,32-35,56H2,1-5H3,(H,58,68)(H,59,69)(H,60,62,71)/t36-,40?,41?,43+/m1/s1. The summed E-state index contributed by atoms with van der Waals surface area (Å²) in [6.45, 7) is 14.1. The Morgan fingerprint density at radius 3 is 2.33 bits per heavy atom. The van der Waals surface area contributed by atoms with Crippen molar-refractivity contribution in [1.82, 2.24) is 30.3 Å². The second-order valence-corrected chi connectivity index (χ2v) is 21.0. The van der Waals surface area contributed by atoms with Crippen molar-refractivity contribution in [2.45, 2.75) is 122 Å². The number of unbranched alkanes of at least 4 members (excludes halogenated alkanes) is 1. The molecule has 5 heterocycles. The number of piperazine rings is 2. The highest BCUT2D eigenvalue weighted by Gasteiger charge is 2.53. The Labute approximate surface area is 444 Å². The molecular formula is C55H73N11O10. The summed E-state index contributed by atoms with van der Waals surface area (Å²) < 4.78 is 22.7. The lowest BCUT2D eigenvalue weighted by Crippen LogP contribution is -2.56. The lowest BCUT2D eigenvalue weighted by molar-refractivity contribution is -0.167. The Bertz CT molecular complexity index is 2670. The summed E-state index contributed by atoms with van der Waals surface area (Å²) in [5.41, 5.74) is 7.57. The van der Waals surface area contributed by atoms with E-state index in [-0.39, 0.29) is 49.0 Å². The number of carbonyl (C=O) groups excluding carboxylic acids is 5. The van der Waals surface area contributed by atoms with E-state index in [2.05, 4.69) is 52.8 Å². The summed E-state index contributed by atoms with van der Waals surface area (Å²) in [5.74, 6) is -0.728. The number of anilines is 4. The van der Waals surface area contributed by atoms with Gasteiger partial charge in [-0.05, 0) is 128 Å². The third kappa shape index (κ3) is 13.4. The molecule has 0 spiro atoms. The topological polar surface area (TPSA) is 256 Å². The number of phenols is 1. The molecule has 2 unspecified atom stereocenters. The van der Waals surface area contributed by atoms with Crippen LogP contribution >= 0.6 is 0 Å². The van der Waals surface area contributed by atoms with Crippen molar-refractivity contribution in [3.05, 3.63) is 78.5 Å². The number of carbonyl (C=O) groups is 5. The van der Waals surface area contributed by atoms with Crippen molar-refractivity contribution in [2.24, 2.45) is 11.1 Å². The molecule has 0 radical (unpaired) electrons. The molecule has 76 heavy (non-hydrogen) atoms. The molecule has 1 saturated carbocycles. The fraction of sp³-hybridized carbons (Fsp3) is 0.527. The Kier molecular flexibility index (Phi) is 17.8. The summed E-state index contributed by atoms with van der Waals surface area (Å²) in [6, 6.07) is 19.0. The van der Waals surface area contributed by atoms with E-state index in [4.69, 9.17) is 24.7 Å². The van der Waals surface area contributed by atoms with Crippen LogP contribution in [0.3, 0.4) is 0 Å². The third-order valence-electron chi connectivity index (χ3n) is 14.5. The van der Waals surface area contributed by atoms with Gasteiger partial charge in [-0.15, -0.1) is 10.2 Å². The van der Waals surface area contributed by atoms with Gasteiger partial charge in [-0.2, -0.15) is 0 Å². The van der Waals surface area contributed by atoms with E-state index >= 15 is 0 Å². The number of pyridine rings is 1. The molecule has 408 valence electrons. The number of para-hydroxylation sites is 1. The zero-order valence-corrected chi connectivity index (χ0v) is 44.3. The number of benzene rings is 2. The first-order valence-corrected chi connectivity index (χ1v) is 26.6. The van der Waals surface area contributed by atoms with Crippen molar-refractivity contribution < 1.29 is 48.0 Å². The molecule has 2 aromatic carbocycles. The van der Waals surface area contributed by atoms with Gasteiger partial charge in [0.25, 0.3) is 0 Å². The molecule has 4 atom stereocenters. The minimum atomic E-state index is -1.29. The highest BCUT2D eigenvalue weighted by molar-refractivity contribution is 6.06. The fourth-order valence-electron chi connectivity index (χ4n) is 10.4. The van der Waals surface area contributed by atoms with Gasteiger partial charge in [-0.1, -0.05) is 30.7 Å². The van der Waals surface area contributed by atoms with E-state index in [1.165, 1.54) is 0 Å². The van der Waals surface area contributed by atoms with E-state index < -0.39 is 40.9 Å². The molecule has 4 amide bonds. The number of amides is 4. The number of hydrogen-bond donors (Lipinski definition) is 5. The SMILES string of the molecule is CCOC(=O)C1(C(=O)N[C@@H](CCCCN)C(=O)Nc2ccc(COC(=O)Nc3nnc(-c4ccccc4O)cc3N3CC4CCC(C3)N4c3ccnc(OCCN4CCN(C(=O)OC(C)(C)C)C[C@H]4C)c3)cc2)CCC1. The molecule has 21 nitrogen and oxygen atoms in total. The molecule has 3 aliphatic heterocycles. The number of ether oxygens (including phenoxy) is 4. The zero-order chi connectivity index (χ0) is 54.0. The third-order valence-corrected chi connectivity index (χ3v) is 14.5. The van der Waals surface area contributed by atoms with Crippen LogP contribution in [-0.4, -0.2) is 149 Å². The number of aromatic hydroxyl groups is 1. The summed E-state index contributed by atoms with van der Waals surface area (Å²) in [6.07, 6.45) is 5.64. The van der Waals surface area contributed by atoms with Crippen molar-refractivity contribution in [3.8, 4) is 22.9 Å². The van der Waals surface area contributed by atoms with Gasteiger partial charge in [0.15, 0.2) is 5.82 Å². The fourth-order valence-corrected chi connectivity index (χ4v) is 10.4. The van der Waals surface area contributed by atoms with Crippen LogP contribution < -0.4 is 36.2 Å². The number of aromatic nitrogens is 3. The van der Waals surface area contributed by atoms with Crippen LogP contribution in [0.4, 0.5) is 32.5 Å². The number of rotatable bonds is 20. The van der Waals surface area contributed by atoms with Crippen LogP contribution in [0.2, 0.25) is 0 Å².